The molecule has 29 nitrogen and oxygen atoms in total. The molecule has 0 aliphatic carbocycles. The first-order chi connectivity index (χ1) is 32.1. The van der Waals surface area contributed by atoms with Gasteiger partial charge in [-0.1, -0.05) is 19.6 Å². The van der Waals surface area contributed by atoms with Crippen LogP contribution in [0.1, 0.15) is 26.7 Å². The molecule has 69 heavy (non-hydrogen) atoms. The predicted octanol–water partition coefficient (Wildman–Crippen LogP) is -8.69. The van der Waals surface area contributed by atoms with E-state index in [1.54, 1.807) is 0 Å². The maximum atomic E-state index is 13.0. The Hall–Kier alpha value is -2.74. The summed E-state index contributed by atoms with van der Waals surface area (Å²) in [5, 5.41) is 165. The van der Waals surface area contributed by atoms with E-state index in [-0.39, 0.29) is 6.61 Å². The van der Waals surface area contributed by atoms with Crippen LogP contribution in [0.25, 0.3) is 0 Å². The standard InChI is InChI=1S/C39H68N2O27Si/c1-14(45)40-22-16(47)8-38(36(57)58,66-30(22)24(51)18(49)10-42)62-13-21-27(54)32(28(55)34(64-21)61-6-7-69(3,4)5)65-35-29(56)33(26(53)20(12-44)63-35)68-39(37(59)60)9-17(48)23(41-15(2)46)31(67-39)25(52)19(50)11-43/h16-35,42-44,47-56H,6-13H2,1-5H3,(H,40,45)(H,41,46)(H,57,58)(H,59,60)/t16-,17-,18+,19+,20+,21+,22+,23+,24-,25-,26-,27-,28+,29+,30+,31+,32-,33-,34+,35-,38+,39-/m0/s1. The first kappa shape index (κ1) is 58.8. The fourth-order valence-corrected chi connectivity index (χ4v) is 8.97. The summed E-state index contributed by atoms with van der Waals surface area (Å²) in [6.45, 7) is 3.64. The molecule has 22 atom stereocenters. The first-order valence-electron chi connectivity index (χ1n) is 22.0. The lowest BCUT2D eigenvalue weighted by atomic mass is 9.88. The van der Waals surface area contributed by atoms with E-state index in [0.29, 0.717) is 6.04 Å². The van der Waals surface area contributed by atoms with E-state index in [4.69, 9.17) is 37.9 Å². The number of aliphatic carboxylic acids is 2. The second kappa shape index (κ2) is 24.3. The van der Waals surface area contributed by atoms with E-state index >= 15 is 0 Å². The van der Waals surface area contributed by atoms with Crippen molar-refractivity contribution >= 4 is 31.8 Å². The molecule has 0 bridgehead atoms. The number of carbonyl (C=O) groups is 4. The van der Waals surface area contributed by atoms with Crippen molar-refractivity contribution in [2.24, 2.45) is 0 Å². The van der Waals surface area contributed by atoms with Gasteiger partial charge in [-0.05, 0) is 6.04 Å². The molecular formula is C39H68N2O27Si. The van der Waals surface area contributed by atoms with Crippen LogP contribution in [0.2, 0.25) is 25.7 Å². The van der Waals surface area contributed by atoms with Crippen molar-refractivity contribution in [3.8, 4) is 0 Å². The molecule has 17 N–H and O–H groups in total. The average molecular weight is 1030 g/mol. The van der Waals surface area contributed by atoms with Gasteiger partial charge in [0.1, 0.15) is 85.5 Å². The summed E-state index contributed by atoms with van der Waals surface area (Å²) in [6, 6.07) is -2.72. The number of carbonyl (C=O) groups excluding carboxylic acids is 2. The third kappa shape index (κ3) is 13.9. The largest absolute Gasteiger partial charge is 0.477 e. The molecule has 4 saturated heterocycles. The van der Waals surface area contributed by atoms with E-state index < -0.39 is 205 Å². The van der Waals surface area contributed by atoms with Gasteiger partial charge in [-0.15, -0.1) is 0 Å². The molecule has 4 aliphatic rings. The molecule has 30 heteroatoms. The zero-order valence-corrected chi connectivity index (χ0v) is 39.3. The van der Waals surface area contributed by atoms with Crippen molar-refractivity contribution in [3.63, 3.8) is 0 Å². The van der Waals surface area contributed by atoms with Gasteiger partial charge in [-0.25, -0.2) is 9.59 Å². The molecule has 0 unspecified atom stereocenters. The Labute approximate surface area is 395 Å². The maximum absolute atomic E-state index is 13.0. The lowest BCUT2D eigenvalue weighted by Gasteiger charge is -2.51. The van der Waals surface area contributed by atoms with Crippen LogP contribution in [0.3, 0.4) is 0 Å². The Morgan fingerprint density at radius 3 is 1.57 bits per heavy atom. The lowest BCUT2D eigenvalue weighted by molar-refractivity contribution is -0.388. The van der Waals surface area contributed by atoms with E-state index in [0.717, 1.165) is 13.8 Å². The maximum Gasteiger partial charge on any atom is 0.364 e. The second-order valence-corrected chi connectivity index (χ2v) is 24.3. The van der Waals surface area contributed by atoms with Gasteiger partial charge < -0.3 is 125 Å². The van der Waals surface area contributed by atoms with Crippen molar-refractivity contribution < 1.29 is 134 Å². The molecule has 0 saturated carbocycles. The number of aliphatic hydroxyl groups is 13. The Morgan fingerprint density at radius 1 is 0.667 bits per heavy atom. The summed E-state index contributed by atoms with van der Waals surface area (Å²) in [4.78, 5) is 49.9. The van der Waals surface area contributed by atoms with E-state index in [1.165, 1.54) is 0 Å². The molecular weight excluding hydrogens is 957 g/mol. The molecule has 400 valence electrons. The quantitative estimate of drug-likeness (QED) is 0.0448. The van der Waals surface area contributed by atoms with Crippen LogP contribution < -0.4 is 10.6 Å². The van der Waals surface area contributed by atoms with Crippen LogP contribution in [0.15, 0.2) is 0 Å². The van der Waals surface area contributed by atoms with Crippen molar-refractivity contribution in [2.45, 2.75) is 186 Å². The van der Waals surface area contributed by atoms with Crippen LogP contribution in [-0.2, 0) is 57.1 Å². The summed E-state index contributed by atoms with van der Waals surface area (Å²) < 4.78 is 45.8. The summed E-state index contributed by atoms with van der Waals surface area (Å²) in [7, 11) is -1.85. The molecule has 4 fully saturated rings. The predicted molar refractivity (Wildman–Crippen MR) is 223 cm³/mol. The topological polar surface area (TPSA) is 470 Å². The first-order valence-corrected chi connectivity index (χ1v) is 25.7. The van der Waals surface area contributed by atoms with Crippen molar-refractivity contribution in [2.75, 3.05) is 33.0 Å². The number of nitrogens with one attached hydrogen (secondary N) is 2. The molecule has 0 aromatic heterocycles. The number of carboxylic acids is 2. The number of rotatable bonds is 22. The highest BCUT2D eigenvalue weighted by Gasteiger charge is 2.61. The number of carboxylic acid groups (broad SMARTS) is 2. The molecule has 4 rings (SSSR count). The summed E-state index contributed by atoms with van der Waals surface area (Å²) in [5.74, 6) is -11.7. The smallest absolute Gasteiger partial charge is 0.364 e. The zero-order valence-electron chi connectivity index (χ0n) is 38.3. The molecule has 0 aromatic rings. The van der Waals surface area contributed by atoms with Gasteiger partial charge >= 0.3 is 11.9 Å². The monoisotopic (exact) mass is 1020 g/mol. The highest BCUT2D eigenvalue weighted by Crippen LogP contribution is 2.39. The van der Waals surface area contributed by atoms with Gasteiger partial charge in [0.25, 0.3) is 11.6 Å². The third-order valence-electron chi connectivity index (χ3n) is 12.1. The van der Waals surface area contributed by atoms with Crippen LogP contribution >= 0.6 is 0 Å². The number of hydrogen-bond acceptors (Lipinski definition) is 25. The molecule has 4 heterocycles. The van der Waals surface area contributed by atoms with E-state index in [2.05, 4.69) is 10.6 Å². The fourth-order valence-electron chi connectivity index (χ4n) is 8.24. The van der Waals surface area contributed by atoms with Crippen LogP contribution in [0.5, 0.6) is 0 Å². The van der Waals surface area contributed by atoms with Gasteiger partial charge in [0.2, 0.25) is 11.8 Å². The van der Waals surface area contributed by atoms with Gasteiger partial charge in [-0.3, -0.25) is 9.59 Å². The normalized spacial score (nSPS) is 40.5. The number of amides is 2. The minimum Gasteiger partial charge on any atom is -0.477 e. The highest BCUT2D eigenvalue weighted by atomic mass is 28.3. The number of ether oxygens (including phenoxy) is 8. The second-order valence-electron chi connectivity index (χ2n) is 18.7. The molecule has 0 aromatic carbocycles. The van der Waals surface area contributed by atoms with Crippen LogP contribution in [0, 0.1) is 0 Å². The molecule has 2 amide bonds. The summed E-state index contributed by atoms with van der Waals surface area (Å²) in [6.07, 6.45) is -38.9. The summed E-state index contributed by atoms with van der Waals surface area (Å²) in [5.41, 5.74) is 0. The average Bonchev–Trinajstić information content (AvgIpc) is 3.27. The Balaban J connectivity index is 1.68. The fraction of sp³-hybridized carbons (Fsp3) is 0.897. The third-order valence-corrected chi connectivity index (χ3v) is 13.8. The van der Waals surface area contributed by atoms with Crippen LogP contribution in [0.4, 0.5) is 0 Å². The Morgan fingerprint density at radius 2 is 1.12 bits per heavy atom. The number of aliphatic hydroxyl groups excluding tert-OH is 13. The molecule has 0 spiro atoms. The minimum atomic E-state index is -3.17. The summed E-state index contributed by atoms with van der Waals surface area (Å²) >= 11 is 0. The Bertz CT molecular complexity index is 1720. The van der Waals surface area contributed by atoms with Gasteiger partial charge in [0, 0.05) is 41.4 Å². The van der Waals surface area contributed by atoms with Crippen molar-refractivity contribution in [3.05, 3.63) is 0 Å². The van der Waals surface area contributed by atoms with Crippen molar-refractivity contribution in [1.29, 1.82) is 0 Å². The highest BCUT2D eigenvalue weighted by molar-refractivity contribution is 6.76. The van der Waals surface area contributed by atoms with E-state index in [9.17, 15) is 95.8 Å². The van der Waals surface area contributed by atoms with Gasteiger partial charge in [0.05, 0.1) is 50.7 Å². The SMILES string of the molecule is CC(=O)N[C@H]1[C@H]([C@@H](O)[C@H](O)CO)O[C@@](OC[C@H]2O[C@@H](OCC[Si](C)(C)C)[C@H](O)[C@@H](O[C@@H]3O[C@H](CO)[C@H](O)[C@H](O[C@]4(C(=O)O)C[C@H](O)[C@@H](NC(C)=O)[C@H]([C@@H](O)[C@H](O)CO)O4)[C@H]3O)[C@H]2O)(C(=O)O)C[C@@H]1O. The van der Waals surface area contributed by atoms with Gasteiger partial charge in [0.15, 0.2) is 12.6 Å². The number of hydrogen-bond donors (Lipinski definition) is 17. The van der Waals surface area contributed by atoms with E-state index in [1.807, 2.05) is 19.6 Å². The van der Waals surface area contributed by atoms with Crippen LogP contribution in [-0.4, -0.2) is 275 Å². The zero-order chi connectivity index (χ0) is 52.1. The Kier molecular flexibility index (Phi) is 20.7. The molecule has 0 radical (unpaired) electrons. The lowest BCUT2D eigenvalue weighted by Crippen LogP contribution is -2.71. The minimum absolute atomic E-state index is 0.0618. The van der Waals surface area contributed by atoms with Crippen molar-refractivity contribution in [1.82, 2.24) is 10.6 Å². The van der Waals surface area contributed by atoms with Gasteiger partial charge in [-0.2, -0.15) is 0 Å². The molecule has 4 aliphatic heterocycles.